The van der Waals surface area contributed by atoms with Crippen LogP contribution < -0.4 is 0 Å². The predicted octanol–water partition coefficient (Wildman–Crippen LogP) is 15.3. The molecular formula is C57H110N2O7. The summed E-state index contributed by atoms with van der Waals surface area (Å²) < 4.78 is 24.6. The van der Waals surface area contributed by atoms with E-state index in [-0.39, 0.29) is 42.3 Å². The first-order valence-electron chi connectivity index (χ1n) is 28.8. The Hall–Kier alpha value is -1.71. The van der Waals surface area contributed by atoms with Crippen LogP contribution in [-0.2, 0) is 33.3 Å². The van der Waals surface area contributed by atoms with Crippen LogP contribution in [0.25, 0.3) is 0 Å². The normalized spacial score (nSPS) is 15.6. The maximum Gasteiger partial charge on any atom is 0.307 e. The van der Waals surface area contributed by atoms with Gasteiger partial charge >= 0.3 is 17.9 Å². The maximum absolute atomic E-state index is 13.0. The van der Waals surface area contributed by atoms with E-state index in [9.17, 15) is 14.4 Å². The van der Waals surface area contributed by atoms with E-state index in [0.717, 1.165) is 116 Å². The lowest BCUT2D eigenvalue weighted by Crippen LogP contribution is -2.48. The summed E-state index contributed by atoms with van der Waals surface area (Å²) in [6, 6.07) is 0. The summed E-state index contributed by atoms with van der Waals surface area (Å²) in [6.07, 6.45) is 43.7. The van der Waals surface area contributed by atoms with Crippen LogP contribution in [0.15, 0.2) is 0 Å². The van der Waals surface area contributed by atoms with Crippen LogP contribution in [0.5, 0.6) is 0 Å². The van der Waals surface area contributed by atoms with Gasteiger partial charge in [0.2, 0.25) is 0 Å². The molecule has 0 N–H and O–H groups in total. The third-order valence-electron chi connectivity index (χ3n) is 13.7. The number of rotatable bonds is 48. The number of carbonyl (C=O) groups excluding carboxylic acids is 3. The van der Waals surface area contributed by atoms with Crippen molar-refractivity contribution >= 4 is 17.9 Å². The molecule has 0 aliphatic carbocycles. The van der Waals surface area contributed by atoms with Gasteiger partial charge in [-0.3, -0.25) is 19.3 Å². The molecule has 2 atom stereocenters. The Morgan fingerprint density at radius 2 is 0.818 bits per heavy atom. The largest absolute Gasteiger partial charge is 0.464 e. The molecule has 0 spiro atoms. The lowest BCUT2D eigenvalue weighted by molar-refractivity contribution is -0.151. The maximum atomic E-state index is 13.0. The van der Waals surface area contributed by atoms with Gasteiger partial charge in [-0.15, -0.1) is 0 Å². The Balaban J connectivity index is 2.61. The quantitative estimate of drug-likeness (QED) is 0.0336. The molecule has 66 heavy (non-hydrogen) atoms. The second-order valence-corrected chi connectivity index (χ2v) is 20.6. The molecule has 1 saturated heterocycles. The van der Waals surface area contributed by atoms with Gasteiger partial charge in [-0.25, -0.2) is 0 Å². The molecule has 0 aromatic heterocycles. The molecule has 9 nitrogen and oxygen atoms in total. The number of hydrogen-bond acceptors (Lipinski definition) is 9. The number of hydrogen-bond donors (Lipinski definition) is 0. The Bertz CT molecular complexity index is 1000. The van der Waals surface area contributed by atoms with Gasteiger partial charge in [0.25, 0.3) is 0 Å². The van der Waals surface area contributed by atoms with Gasteiger partial charge in [-0.1, -0.05) is 182 Å². The summed E-state index contributed by atoms with van der Waals surface area (Å²) in [5.74, 6) is -0.187. The highest BCUT2D eigenvalue weighted by Crippen LogP contribution is 2.23. The van der Waals surface area contributed by atoms with Gasteiger partial charge in [0.05, 0.1) is 18.6 Å². The Kier molecular flexibility index (Phi) is 43.2. The van der Waals surface area contributed by atoms with Crippen molar-refractivity contribution in [1.82, 2.24) is 9.80 Å². The highest BCUT2D eigenvalue weighted by Gasteiger charge is 2.27. The van der Waals surface area contributed by atoms with Gasteiger partial charge in [0.15, 0.2) is 0 Å². The molecule has 1 rings (SSSR count). The first kappa shape index (κ1) is 62.3. The number of unbranched alkanes of at least 4 members (excludes halogenated alkanes) is 24. The summed E-state index contributed by atoms with van der Waals surface area (Å²) in [5, 5.41) is 0. The van der Waals surface area contributed by atoms with Crippen molar-refractivity contribution in [1.29, 1.82) is 0 Å². The molecule has 1 fully saturated rings. The van der Waals surface area contributed by atoms with Crippen molar-refractivity contribution in [3.8, 4) is 0 Å². The molecule has 9 heteroatoms. The number of nitrogens with zero attached hydrogens (tertiary/aromatic N) is 2. The van der Waals surface area contributed by atoms with Crippen molar-refractivity contribution in [3.63, 3.8) is 0 Å². The fourth-order valence-electron chi connectivity index (χ4n) is 9.45. The highest BCUT2D eigenvalue weighted by atomic mass is 16.5. The third-order valence-corrected chi connectivity index (χ3v) is 13.7. The molecule has 2 unspecified atom stereocenters. The lowest BCUT2D eigenvalue weighted by atomic mass is 10.0. The molecule has 0 bridgehead atoms. The number of esters is 3. The monoisotopic (exact) mass is 935 g/mol. The van der Waals surface area contributed by atoms with Gasteiger partial charge in [0, 0.05) is 39.0 Å². The Labute approximate surface area is 409 Å². The molecule has 1 heterocycles. The zero-order valence-corrected chi connectivity index (χ0v) is 44.7. The zero-order chi connectivity index (χ0) is 48.1. The van der Waals surface area contributed by atoms with E-state index in [0.29, 0.717) is 39.0 Å². The van der Waals surface area contributed by atoms with E-state index < -0.39 is 0 Å². The molecule has 0 aromatic carbocycles. The first-order valence-corrected chi connectivity index (χ1v) is 28.8. The van der Waals surface area contributed by atoms with E-state index in [1.165, 1.54) is 128 Å². The van der Waals surface area contributed by atoms with Crippen LogP contribution in [0.3, 0.4) is 0 Å². The van der Waals surface area contributed by atoms with Crippen LogP contribution in [0.2, 0.25) is 0 Å². The molecule has 390 valence electrons. The van der Waals surface area contributed by atoms with Crippen molar-refractivity contribution in [2.24, 2.45) is 0 Å². The van der Waals surface area contributed by atoms with E-state index in [2.05, 4.69) is 32.6 Å². The van der Waals surface area contributed by atoms with Crippen molar-refractivity contribution in [3.05, 3.63) is 0 Å². The highest BCUT2D eigenvalue weighted by molar-refractivity contribution is 5.70. The van der Waals surface area contributed by atoms with Crippen molar-refractivity contribution < 1.29 is 33.3 Å². The van der Waals surface area contributed by atoms with Crippen molar-refractivity contribution in [2.45, 2.75) is 303 Å². The van der Waals surface area contributed by atoms with Gasteiger partial charge in [0.1, 0.15) is 18.8 Å². The fourth-order valence-corrected chi connectivity index (χ4v) is 9.45. The molecular weight excluding hydrogens is 825 g/mol. The minimum atomic E-state index is -0.144. The third kappa shape index (κ3) is 39.2. The smallest absolute Gasteiger partial charge is 0.307 e. The molecule has 1 aliphatic heterocycles. The molecule has 0 aromatic rings. The second kappa shape index (κ2) is 45.7. The zero-order valence-electron chi connectivity index (χ0n) is 44.7. The molecule has 0 amide bonds. The SMILES string of the molecule is CCCCCCCCC(CCCCCCCC)OC(=O)CCCCCC1CN(CCOC(=O)CCN(C)C)CC(CCCCCC(=O)OC(CCCCCCCC)CCCCCCCC)O1. The van der Waals surface area contributed by atoms with E-state index in [1.807, 2.05) is 19.0 Å². The second-order valence-electron chi connectivity index (χ2n) is 20.6. The van der Waals surface area contributed by atoms with Gasteiger partial charge < -0.3 is 23.8 Å². The predicted molar refractivity (Wildman–Crippen MR) is 277 cm³/mol. The Morgan fingerprint density at radius 1 is 0.470 bits per heavy atom. The standard InChI is InChI=1S/C57H110N2O7/c1-7-11-15-19-23-29-37-51(38-30-24-20-16-12-8-2)65-56(61)43-35-27-33-41-53-49-59(47-48-63-55(60)45-46-58(5)6)50-54(64-53)42-34-28-36-44-57(62)66-52(39-31-25-21-17-13-9-3)40-32-26-22-18-14-10-4/h51-54H,7-50H2,1-6H3. The van der Waals surface area contributed by atoms with Crippen molar-refractivity contribution in [2.75, 3.05) is 46.9 Å². The summed E-state index contributed by atoms with van der Waals surface area (Å²) in [5.41, 5.74) is 0. The van der Waals surface area contributed by atoms with Crippen LogP contribution in [0.1, 0.15) is 278 Å². The first-order chi connectivity index (χ1) is 32.2. The van der Waals surface area contributed by atoms with Gasteiger partial charge in [-0.2, -0.15) is 0 Å². The molecule has 0 saturated carbocycles. The topological polar surface area (TPSA) is 94.6 Å². The van der Waals surface area contributed by atoms with E-state index >= 15 is 0 Å². The average molecular weight is 936 g/mol. The number of morpholine rings is 1. The summed E-state index contributed by atoms with van der Waals surface area (Å²) >= 11 is 0. The summed E-state index contributed by atoms with van der Waals surface area (Å²) in [4.78, 5) is 42.8. The number of carbonyl (C=O) groups is 3. The minimum absolute atomic E-state index is 0.0216. The molecule has 1 aliphatic rings. The van der Waals surface area contributed by atoms with E-state index in [4.69, 9.17) is 18.9 Å². The van der Waals surface area contributed by atoms with Crippen LogP contribution >= 0.6 is 0 Å². The molecule has 0 radical (unpaired) electrons. The Morgan fingerprint density at radius 3 is 1.18 bits per heavy atom. The number of ether oxygens (including phenoxy) is 4. The summed E-state index contributed by atoms with van der Waals surface area (Å²) in [7, 11) is 3.93. The van der Waals surface area contributed by atoms with Crippen LogP contribution in [0.4, 0.5) is 0 Å². The average Bonchev–Trinajstić information content (AvgIpc) is 3.29. The summed E-state index contributed by atoms with van der Waals surface area (Å²) in [6.45, 7) is 12.5. The van der Waals surface area contributed by atoms with Crippen LogP contribution in [-0.4, -0.2) is 99.0 Å². The minimum Gasteiger partial charge on any atom is -0.464 e. The van der Waals surface area contributed by atoms with Gasteiger partial charge in [-0.05, 0) is 91.1 Å². The van der Waals surface area contributed by atoms with E-state index in [1.54, 1.807) is 0 Å². The lowest BCUT2D eigenvalue weighted by Gasteiger charge is -2.38. The van der Waals surface area contributed by atoms with Crippen LogP contribution in [0, 0.1) is 0 Å². The fraction of sp³-hybridized carbons (Fsp3) is 0.947.